The van der Waals surface area contributed by atoms with E-state index in [0.29, 0.717) is 57.8 Å². The number of fused-ring (bicyclic) bond motifs is 2. The van der Waals surface area contributed by atoms with Crippen LogP contribution in [0.3, 0.4) is 0 Å². The number of benzene rings is 3. The SMILES string of the molecule is Cc1c(-c2nc3cc(CN4CCC(C)C4)cc(C#N)c3o2)cccc1-c1cccc(NC(=O)c2nc3c(n2C)CCN(C(=O)OC(C)(C)C)C3)c1Cl. The monoisotopic (exact) mass is 719 g/mol. The number of likely N-dealkylation sites (tertiary alicyclic amines) is 1. The zero-order valence-electron chi connectivity index (χ0n) is 30.3. The van der Waals surface area contributed by atoms with Crippen LogP contribution < -0.4 is 5.32 Å². The highest BCUT2D eigenvalue weighted by atomic mass is 35.5. The van der Waals surface area contributed by atoms with Crippen molar-refractivity contribution in [2.45, 2.75) is 66.2 Å². The van der Waals surface area contributed by atoms with Gasteiger partial charge in [0.2, 0.25) is 5.89 Å². The molecule has 1 unspecified atom stereocenters. The van der Waals surface area contributed by atoms with E-state index < -0.39 is 17.6 Å². The number of hydrogen-bond acceptors (Lipinski definition) is 8. The minimum absolute atomic E-state index is 0.224. The maximum Gasteiger partial charge on any atom is 0.410 e. The predicted octanol–water partition coefficient (Wildman–Crippen LogP) is 8.12. The first-order chi connectivity index (χ1) is 24.8. The molecule has 0 saturated carbocycles. The summed E-state index contributed by atoms with van der Waals surface area (Å²) in [4.78, 5) is 39.8. The molecule has 268 valence electrons. The summed E-state index contributed by atoms with van der Waals surface area (Å²) in [5.41, 5.74) is 7.25. The Morgan fingerprint density at radius 3 is 2.58 bits per heavy atom. The molecule has 0 bridgehead atoms. The van der Waals surface area contributed by atoms with E-state index in [4.69, 9.17) is 25.7 Å². The summed E-state index contributed by atoms with van der Waals surface area (Å²) in [5.74, 6) is 0.900. The Kier molecular flexibility index (Phi) is 9.32. The van der Waals surface area contributed by atoms with Gasteiger partial charge in [0.1, 0.15) is 17.2 Å². The molecule has 0 radical (unpaired) electrons. The Morgan fingerprint density at radius 2 is 1.85 bits per heavy atom. The maximum absolute atomic E-state index is 13.6. The first-order valence-electron chi connectivity index (χ1n) is 17.6. The zero-order chi connectivity index (χ0) is 36.9. The number of nitrogens with one attached hydrogen (secondary N) is 1. The molecule has 0 aliphatic carbocycles. The molecule has 2 aliphatic heterocycles. The smallest absolute Gasteiger partial charge is 0.410 e. The quantitative estimate of drug-likeness (QED) is 0.186. The second kappa shape index (κ2) is 13.7. The van der Waals surface area contributed by atoms with Crippen LogP contribution in [0.1, 0.15) is 72.8 Å². The van der Waals surface area contributed by atoms with Crippen molar-refractivity contribution in [2.75, 3.05) is 25.0 Å². The predicted molar refractivity (Wildman–Crippen MR) is 200 cm³/mol. The molecule has 4 heterocycles. The second-order valence-corrected chi connectivity index (χ2v) is 15.3. The number of imidazole rings is 1. The van der Waals surface area contributed by atoms with E-state index in [-0.39, 0.29) is 12.4 Å². The summed E-state index contributed by atoms with van der Waals surface area (Å²) < 4.78 is 13.6. The van der Waals surface area contributed by atoms with Crippen molar-refractivity contribution in [3.05, 3.63) is 87.5 Å². The number of aromatic nitrogens is 3. The Balaban J connectivity index is 1.13. The van der Waals surface area contributed by atoms with Crippen LogP contribution in [0.2, 0.25) is 5.02 Å². The number of anilines is 1. The van der Waals surface area contributed by atoms with Gasteiger partial charge in [-0.1, -0.05) is 42.8 Å². The highest BCUT2D eigenvalue weighted by Crippen LogP contribution is 2.39. The highest BCUT2D eigenvalue weighted by Gasteiger charge is 2.30. The van der Waals surface area contributed by atoms with Gasteiger partial charge in [-0.2, -0.15) is 5.26 Å². The van der Waals surface area contributed by atoms with Gasteiger partial charge in [-0.15, -0.1) is 0 Å². The number of ether oxygens (including phenoxy) is 1. The number of nitrogens with zero attached hydrogens (tertiary/aromatic N) is 6. The van der Waals surface area contributed by atoms with Crippen molar-refractivity contribution >= 4 is 40.4 Å². The van der Waals surface area contributed by atoms with E-state index >= 15 is 0 Å². The number of amides is 2. The van der Waals surface area contributed by atoms with Crippen LogP contribution in [-0.4, -0.2) is 61.6 Å². The molecule has 7 rings (SSSR count). The molecule has 12 heteroatoms. The van der Waals surface area contributed by atoms with Gasteiger partial charge in [-0.05, 0) is 87.5 Å². The molecule has 2 amide bonds. The molecule has 1 saturated heterocycles. The molecule has 1 N–H and O–H groups in total. The fraction of sp³-hybridized carbons (Fsp3) is 0.375. The zero-order valence-corrected chi connectivity index (χ0v) is 31.1. The Morgan fingerprint density at radius 1 is 1.10 bits per heavy atom. The van der Waals surface area contributed by atoms with Gasteiger partial charge < -0.3 is 23.9 Å². The topological polar surface area (TPSA) is 130 Å². The summed E-state index contributed by atoms with van der Waals surface area (Å²) in [6.45, 7) is 13.3. The van der Waals surface area contributed by atoms with Crippen molar-refractivity contribution in [3.63, 3.8) is 0 Å². The molecule has 2 aromatic heterocycles. The van der Waals surface area contributed by atoms with Crippen LogP contribution in [0.5, 0.6) is 0 Å². The largest absolute Gasteiger partial charge is 0.444 e. The summed E-state index contributed by atoms with van der Waals surface area (Å²) in [7, 11) is 1.80. The maximum atomic E-state index is 13.6. The molecule has 0 spiro atoms. The van der Waals surface area contributed by atoms with Gasteiger partial charge in [-0.25, -0.2) is 14.8 Å². The third-order valence-corrected chi connectivity index (χ3v) is 10.2. The molecule has 2 aliphatic rings. The third kappa shape index (κ3) is 6.88. The van der Waals surface area contributed by atoms with Gasteiger partial charge >= 0.3 is 6.09 Å². The van der Waals surface area contributed by atoms with Crippen LogP contribution in [-0.2, 0) is 31.3 Å². The molecule has 1 fully saturated rings. The number of halogens is 1. The summed E-state index contributed by atoms with van der Waals surface area (Å²) >= 11 is 7.01. The van der Waals surface area contributed by atoms with Gasteiger partial charge in [0.25, 0.3) is 5.91 Å². The van der Waals surface area contributed by atoms with E-state index in [1.165, 1.54) is 6.42 Å². The average Bonchev–Trinajstić information content (AvgIpc) is 3.81. The first kappa shape index (κ1) is 35.2. The molecule has 1 atom stereocenters. The van der Waals surface area contributed by atoms with Crippen molar-refractivity contribution in [2.24, 2.45) is 13.0 Å². The molecule has 3 aromatic carbocycles. The number of rotatable bonds is 6. The van der Waals surface area contributed by atoms with Crippen LogP contribution in [0.15, 0.2) is 52.9 Å². The number of oxazole rings is 1. The summed E-state index contributed by atoms with van der Waals surface area (Å²) in [5, 5.41) is 13.3. The van der Waals surface area contributed by atoms with E-state index in [0.717, 1.165) is 53.1 Å². The lowest BCUT2D eigenvalue weighted by Crippen LogP contribution is -2.40. The van der Waals surface area contributed by atoms with Crippen molar-refractivity contribution in [1.82, 2.24) is 24.3 Å². The van der Waals surface area contributed by atoms with E-state index in [9.17, 15) is 14.9 Å². The number of nitriles is 1. The lowest BCUT2D eigenvalue weighted by molar-refractivity contribution is 0.0220. The lowest BCUT2D eigenvalue weighted by atomic mass is 9.96. The Bertz CT molecular complexity index is 2260. The number of carbonyl (C=O) groups excluding carboxylic acids is 2. The van der Waals surface area contributed by atoms with Gasteiger partial charge in [-0.3, -0.25) is 9.69 Å². The van der Waals surface area contributed by atoms with E-state index in [1.807, 2.05) is 70.2 Å². The van der Waals surface area contributed by atoms with Crippen molar-refractivity contribution in [1.29, 1.82) is 5.26 Å². The van der Waals surface area contributed by atoms with E-state index in [2.05, 4.69) is 28.2 Å². The Labute approximate surface area is 308 Å². The number of hydrogen-bond donors (Lipinski definition) is 1. The molecular formula is C40H42ClN7O4. The third-order valence-electron chi connectivity index (χ3n) is 9.80. The second-order valence-electron chi connectivity index (χ2n) is 14.9. The fourth-order valence-electron chi connectivity index (χ4n) is 7.20. The normalized spacial score (nSPS) is 16.2. The average molecular weight is 720 g/mol. The standard InChI is InChI=1S/C40H42ClN7O4/c1-23-13-15-47(20-23)21-25-17-26(19-42)35-31(18-25)45-38(51-35)28-10-7-9-27(24(28)2)29-11-8-12-30(34(29)41)44-37(49)36-43-32-22-48(16-14-33(32)46(36)6)39(50)52-40(3,4)5/h7-12,17-18,23H,13-16,20-22H2,1-6H3,(H,44,49). The number of carbonyl (C=O) groups is 2. The Hall–Kier alpha value is -5.18. The summed E-state index contributed by atoms with van der Waals surface area (Å²) in [6, 6.07) is 17.5. The van der Waals surface area contributed by atoms with Crippen LogP contribution in [0.25, 0.3) is 33.7 Å². The highest BCUT2D eigenvalue weighted by molar-refractivity contribution is 6.36. The minimum atomic E-state index is -0.608. The minimum Gasteiger partial charge on any atom is -0.444 e. The van der Waals surface area contributed by atoms with Gasteiger partial charge in [0.05, 0.1) is 28.5 Å². The molecular weight excluding hydrogens is 678 g/mol. The van der Waals surface area contributed by atoms with Crippen molar-refractivity contribution < 1.29 is 18.7 Å². The van der Waals surface area contributed by atoms with Crippen LogP contribution >= 0.6 is 11.6 Å². The first-order valence-corrected chi connectivity index (χ1v) is 18.0. The van der Waals surface area contributed by atoms with Crippen molar-refractivity contribution in [3.8, 4) is 28.7 Å². The van der Waals surface area contributed by atoms with Crippen LogP contribution in [0.4, 0.5) is 10.5 Å². The molecule has 11 nitrogen and oxygen atoms in total. The van der Waals surface area contributed by atoms with E-state index in [1.54, 1.807) is 22.6 Å². The summed E-state index contributed by atoms with van der Waals surface area (Å²) in [6.07, 6.45) is 1.33. The molecule has 52 heavy (non-hydrogen) atoms. The lowest BCUT2D eigenvalue weighted by Gasteiger charge is -2.29. The van der Waals surface area contributed by atoms with Gasteiger partial charge in [0.15, 0.2) is 11.4 Å². The van der Waals surface area contributed by atoms with Gasteiger partial charge in [0, 0.05) is 49.9 Å². The fourth-order valence-corrected chi connectivity index (χ4v) is 7.47. The molecule has 5 aromatic rings. The van der Waals surface area contributed by atoms with Crippen LogP contribution in [0, 0.1) is 24.2 Å².